The van der Waals surface area contributed by atoms with E-state index in [0.717, 1.165) is 16.5 Å². The second-order valence-electron chi connectivity index (χ2n) is 10.6. The summed E-state index contributed by atoms with van der Waals surface area (Å²) < 4.78 is 0. The van der Waals surface area contributed by atoms with E-state index in [-0.39, 0.29) is 43.9 Å². The minimum absolute atomic E-state index is 0.0126. The Hall–Kier alpha value is -5.64. The van der Waals surface area contributed by atoms with Gasteiger partial charge in [0.2, 0.25) is 17.7 Å². The quantitative estimate of drug-likeness (QED) is 0.0488. The first kappa shape index (κ1) is 34.8. The standard InChI is InChI=1S/C30H38N8O8/c31-20(13-17-15-35-21-5-2-1-4-19(17)21)26(42)37-23(12-16-7-9-18(39)10-8-16)28(44)36-22(6-3-11-34-30(32)33)27(43)38-24(29(45)46)14-25(40)41/h1-2,4-5,7-10,15,20,22-24,35,39H,3,6,11-14,31H2,(H,36,44)(H,37,42)(H,38,43)(H,40,41)(H,45,46)(H4,32,33,34). The number of H-pyrrole nitrogens is 1. The lowest BCUT2D eigenvalue weighted by molar-refractivity contribution is -0.147. The molecule has 0 aliphatic rings. The zero-order valence-electron chi connectivity index (χ0n) is 24.8. The van der Waals surface area contributed by atoms with Crippen LogP contribution >= 0.6 is 0 Å². The molecule has 16 heteroatoms. The Kier molecular flexibility index (Phi) is 12.5. The van der Waals surface area contributed by atoms with Crippen LogP contribution in [0, 0.1) is 0 Å². The predicted molar refractivity (Wildman–Crippen MR) is 167 cm³/mol. The van der Waals surface area contributed by atoms with E-state index in [2.05, 4.69) is 25.9 Å². The lowest BCUT2D eigenvalue weighted by Crippen LogP contribution is -2.58. The number of aliphatic imine (C=N–C) groups is 1. The molecule has 0 aliphatic carbocycles. The van der Waals surface area contributed by atoms with Gasteiger partial charge in [0, 0.05) is 30.1 Å². The maximum atomic E-state index is 13.6. The van der Waals surface area contributed by atoms with Crippen LogP contribution in [0.1, 0.15) is 30.4 Å². The van der Waals surface area contributed by atoms with Crippen LogP contribution in [0.15, 0.2) is 59.7 Å². The van der Waals surface area contributed by atoms with Crippen LogP contribution in [-0.4, -0.2) is 86.6 Å². The summed E-state index contributed by atoms with van der Waals surface area (Å²) in [5, 5.41) is 36.3. The smallest absolute Gasteiger partial charge is 0.326 e. The minimum Gasteiger partial charge on any atom is -0.508 e. The van der Waals surface area contributed by atoms with Crippen LogP contribution in [-0.2, 0) is 36.8 Å². The summed E-state index contributed by atoms with van der Waals surface area (Å²) in [5.74, 6) is -5.65. The first-order chi connectivity index (χ1) is 21.8. The Morgan fingerprint density at radius 3 is 2.11 bits per heavy atom. The van der Waals surface area contributed by atoms with E-state index in [0.29, 0.717) is 5.56 Å². The average Bonchev–Trinajstić information content (AvgIpc) is 3.40. The van der Waals surface area contributed by atoms with Crippen molar-refractivity contribution in [3.63, 3.8) is 0 Å². The van der Waals surface area contributed by atoms with Crippen molar-refractivity contribution < 1.29 is 39.3 Å². The number of carbonyl (C=O) groups is 5. The van der Waals surface area contributed by atoms with Crippen molar-refractivity contribution in [1.82, 2.24) is 20.9 Å². The first-order valence-electron chi connectivity index (χ1n) is 14.3. The predicted octanol–water partition coefficient (Wildman–Crippen LogP) is -0.947. The van der Waals surface area contributed by atoms with Gasteiger partial charge in [-0.25, -0.2) is 4.79 Å². The van der Waals surface area contributed by atoms with Gasteiger partial charge in [-0.15, -0.1) is 0 Å². The van der Waals surface area contributed by atoms with Gasteiger partial charge in [-0.2, -0.15) is 0 Å². The molecule has 0 saturated heterocycles. The largest absolute Gasteiger partial charge is 0.508 e. The van der Waals surface area contributed by atoms with Crippen molar-refractivity contribution in [3.05, 3.63) is 65.9 Å². The van der Waals surface area contributed by atoms with Gasteiger partial charge in [-0.05, 0) is 48.6 Å². The van der Waals surface area contributed by atoms with E-state index in [1.54, 1.807) is 18.3 Å². The molecule has 3 aromatic rings. The molecule has 0 saturated carbocycles. The Labute approximate surface area is 263 Å². The molecule has 4 atom stereocenters. The third-order valence-electron chi connectivity index (χ3n) is 7.03. The molecule has 46 heavy (non-hydrogen) atoms. The Balaban J connectivity index is 1.81. The van der Waals surface area contributed by atoms with Gasteiger partial charge in [0.15, 0.2) is 5.96 Å². The number of rotatable bonds is 17. The molecule has 1 aromatic heterocycles. The third-order valence-corrected chi connectivity index (χ3v) is 7.03. The molecule has 0 spiro atoms. The van der Waals surface area contributed by atoms with Gasteiger partial charge in [0.1, 0.15) is 23.9 Å². The van der Waals surface area contributed by atoms with Gasteiger partial charge in [-0.1, -0.05) is 30.3 Å². The lowest BCUT2D eigenvalue weighted by Gasteiger charge is -2.25. The molecular formula is C30H38N8O8. The topological polar surface area (TPSA) is 288 Å². The summed E-state index contributed by atoms with van der Waals surface area (Å²) in [5.41, 5.74) is 19.2. The van der Waals surface area contributed by atoms with Crippen molar-refractivity contribution in [1.29, 1.82) is 0 Å². The number of phenols is 1. The van der Waals surface area contributed by atoms with Gasteiger partial charge in [0.25, 0.3) is 0 Å². The van der Waals surface area contributed by atoms with Gasteiger partial charge in [-0.3, -0.25) is 24.2 Å². The highest BCUT2D eigenvalue weighted by atomic mass is 16.4. The van der Waals surface area contributed by atoms with E-state index in [1.165, 1.54) is 12.1 Å². The molecule has 4 unspecified atom stereocenters. The summed E-state index contributed by atoms with van der Waals surface area (Å²) in [6.45, 7) is 0.0792. The van der Waals surface area contributed by atoms with Crippen LogP contribution in [0.25, 0.3) is 10.9 Å². The number of aliphatic carboxylic acids is 2. The van der Waals surface area contributed by atoms with E-state index < -0.39 is 60.2 Å². The molecule has 16 nitrogen and oxygen atoms in total. The highest BCUT2D eigenvalue weighted by Gasteiger charge is 2.31. The third kappa shape index (κ3) is 10.5. The number of benzene rings is 2. The van der Waals surface area contributed by atoms with Crippen LogP contribution in [0.5, 0.6) is 5.75 Å². The summed E-state index contributed by atoms with van der Waals surface area (Å²) in [6, 6.07) is 7.97. The van der Waals surface area contributed by atoms with Gasteiger partial charge in [0.05, 0.1) is 12.5 Å². The van der Waals surface area contributed by atoms with E-state index in [1.807, 2.05) is 24.3 Å². The number of hydrogen-bond acceptors (Lipinski definition) is 8. The first-order valence-corrected chi connectivity index (χ1v) is 14.3. The normalized spacial score (nSPS) is 13.5. The maximum Gasteiger partial charge on any atom is 0.326 e. The molecule has 1 heterocycles. The van der Waals surface area contributed by atoms with E-state index in [9.17, 15) is 34.2 Å². The summed E-state index contributed by atoms with van der Waals surface area (Å²) >= 11 is 0. The molecule has 0 aliphatic heterocycles. The molecular weight excluding hydrogens is 600 g/mol. The van der Waals surface area contributed by atoms with Crippen molar-refractivity contribution >= 4 is 46.5 Å². The number of para-hydroxylation sites is 1. The second-order valence-corrected chi connectivity index (χ2v) is 10.6. The number of carbonyl (C=O) groups excluding carboxylic acids is 3. The summed E-state index contributed by atoms with van der Waals surface area (Å²) in [7, 11) is 0. The monoisotopic (exact) mass is 638 g/mol. The molecule has 13 N–H and O–H groups in total. The second kappa shape index (κ2) is 16.4. The fraction of sp³-hybridized carbons (Fsp3) is 0.333. The Morgan fingerprint density at radius 1 is 0.826 bits per heavy atom. The molecule has 0 fully saturated rings. The number of phenolic OH excluding ortho intramolecular Hbond substituents is 1. The van der Waals surface area contributed by atoms with Crippen molar-refractivity contribution in [2.75, 3.05) is 6.54 Å². The van der Waals surface area contributed by atoms with Crippen LogP contribution in [0.2, 0.25) is 0 Å². The fourth-order valence-corrected chi connectivity index (χ4v) is 4.68. The van der Waals surface area contributed by atoms with Crippen LogP contribution in [0.3, 0.4) is 0 Å². The zero-order valence-corrected chi connectivity index (χ0v) is 24.8. The number of guanidine groups is 1. The van der Waals surface area contributed by atoms with Crippen molar-refractivity contribution in [3.8, 4) is 5.75 Å². The fourth-order valence-electron chi connectivity index (χ4n) is 4.68. The molecule has 0 bridgehead atoms. The Bertz CT molecular complexity index is 1570. The summed E-state index contributed by atoms with van der Waals surface area (Å²) in [6.07, 6.45) is 1.06. The van der Waals surface area contributed by atoms with E-state index in [4.69, 9.17) is 22.3 Å². The van der Waals surface area contributed by atoms with E-state index >= 15 is 0 Å². The number of nitrogens with zero attached hydrogens (tertiary/aromatic N) is 1. The van der Waals surface area contributed by atoms with Crippen molar-refractivity contribution in [2.45, 2.75) is 56.3 Å². The number of carboxylic acids is 2. The lowest BCUT2D eigenvalue weighted by atomic mass is 10.0. The minimum atomic E-state index is -1.77. The molecule has 2 aromatic carbocycles. The van der Waals surface area contributed by atoms with Gasteiger partial charge < -0.3 is 53.5 Å². The zero-order chi connectivity index (χ0) is 33.8. The number of aromatic hydroxyl groups is 1. The number of amides is 3. The maximum absolute atomic E-state index is 13.6. The van der Waals surface area contributed by atoms with Crippen molar-refractivity contribution in [2.24, 2.45) is 22.2 Å². The molecule has 0 radical (unpaired) electrons. The number of nitrogens with two attached hydrogens (primary N) is 3. The molecule has 246 valence electrons. The van der Waals surface area contributed by atoms with Crippen LogP contribution < -0.4 is 33.2 Å². The number of carboxylic acid groups (broad SMARTS) is 2. The highest BCUT2D eigenvalue weighted by molar-refractivity contribution is 5.95. The molecule has 3 rings (SSSR count). The van der Waals surface area contributed by atoms with Gasteiger partial charge >= 0.3 is 11.9 Å². The number of nitrogens with one attached hydrogen (secondary N) is 4. The van der Waals surface area contributed by atoms with Crippen LogP contribution in [0.4, 0.5) is 0 Å². The average molecular weight is 639 g/mol. The Morgan fingerprint density at radius 2 is 1.46 bits per heavy atom. The number of hydrogen-bond donors (Lipinski definition) is 10. The number of fused-ring (bicyclic) bond motifs is 1. The molecule has 3 amide bonds. The SMILES string of the molecule is NC(N)=NCCCC(NC(=O)C(Cc1ccc(O)cc1)NC(=O)C(N)Cc1c[nH]c2ccccc12)C(=O)NC(CC(=O)O)C(=O)O. The highest BCUT2D eigenvalue weighted by Crippen LogP contribution is 2.19. The summed E-state index contributed by atoms with van der Waals surface area (Å²) in [4.78, 5) is 69.7. The number of aromatic amines is 1. The number of aromatic nitrogens is 1.